The van der Waals surface area contributed by atoms with Crippen LogP contribution in [0.25, 0.3) is 27.8 Å². The third kappa shape index (κ3) is 3.06. The number of hydrogen-bond donors (Lipinski definition) is 0. The number of methoxy groups -OCH3 is 2. The SMILES string of the molecule is COc1cc2ccccc2c(/C=C/C(=O)c2cc3ccccc3o2)c1OC. The topological polar surface area (TPSA) is 48.7 Å². The highest BCUT2D eigenvalue weighted by atomic mass is 16.5. The van der Waals surface area contributed by atoms with Gasteiger partial charge in [0.2, 0.25) is 5.78 Å². The van der Waals surface area contributed by atoms with E-state index in [2.05, 4.69) is 0 Å². The first kappa shape index (κ1) is 16.9. The van der Waals surface area contributed by atoms with E-state index in [9.17, 15) is 4.79 Å². The lowest BCUT2D eigenvalue weighted by Gasteiger charge is -2.13. The number of furan rings is 1. The number of para-hydroxylation sites is 1. The lowest BCUT2D eigenvalue weighted by molar-refractivity contribution is 0.102. The van der Waals surface area contributed by atoms with E-state index in [1.807, 2.05) is 54.6 Å². The Hall–Kier alpha value is -3.53. The normalized spacial score (nSPS) is 11.3. The van der Waals surface area contributed by atoms with Crippen LogP contribution in [0.4, 0.5) is 0 Å². The Labute approximate surface area is 156 Å². The summed E-state index contributed by atoms with van der Waals surface area (Å²) < 4.78 is 16.7. The van der Waals surface area contributed by atoms with Crippen molar-refractivity contribution in [3.63, 3.8) is 0 Å². The van der Waals surface area contributed by atoms with Crippen LogP contribution in [0.2, 0.25) is 0 Å². The smallest absolute Gasteiger partial charge is 0.221 e. The molecule has 1 aromatic heterocycles. The van der Waals surface area contributed by atoms with Crippen molar-refractivity contribution < 1.29 is 18.7 Å². The van der Waals surface area contributed by atoms with E-state index in [1.165, 1.54) is 6.08 Å². The van der Waals surface area contributed by atoms with Gasteiger partial charge in [-0.3, -0.25) is 4.79 Å². The summed E-state index contributed by atoms with van der Waals surface area (Å²) >= 11 is 0. The standard InChI is InChI=1S/C23H18O4/c1-25-22-13-15-7-3-5-9-17(15)18(23(22)26-2)11-12-19(24)21-14-16-8-4-6-10-20(16)27-21/h3-14H,1-2H3/b12-11+. The number of carbonyl (C=O) groups is 1. The van der Waals surface area contributed by atoms with Crippen molar-refractivity contribution >= 4 is 33.6 Å². The maximum Gasteiger partial charge on any atom is 0.221 e. The van der Waals surface area contributed by atoms with Crippen LogP contribution >= 0.6 is 0 Å². The largest absolute Gasteiger partial charge is 0.493 e. The van der Waals surface area contributed by atoms with Crippen LogP contribution in [-0.4, -0.2) is 20.0 Å². The van der Waals surface area contributed by atoms with Crippen LogP contribution in [0, 0.1) is 0 Å². The fraction of sp³-hybridized carbons (Fsp3) is 0.0870. The molecular weight excluding hydrogens is 340 g/mol. The van der Waals surface area contributed by atoms with Gasteiger partial charge in [-0.2, -0.15) is 0 Å². The number of ether oxygens (including phenoxy) is 2. The van der Waals surface area contributed by atoms with Gasteiger partial charge in [0.05, 0.1) is 14.2 Å². The molecule has 0 saturated heterocycles. The number of carbonyl (C=O) groups excluding carboxylic acids is 1. The third-order valence-electron chi connectivity index (χ3n) is 4.50. The van der Waals surface area contributed by atoms with E-state index in [0.717, 1.165) is 21.7 Å². The molecule has 4 rings (SSSR count). The van der Waals surface area contributed by atoms with Gasteiger partial charge in [-0.25, -0.2) is 0 Å². The van der Waals surface area contributed by atoms with Crippen LogP contribution in [0.5, 0.6) is 11.5 Å². The summed E-state index contributed by atoms with van der Waals surface area (Å²) in [6.45, 7) is 0. The van der Waals surface area contributed by atoms with E-state index in [4.69, 9.17) is 13.9 Å². The van der Waals surface area contributed by atoms with E-state index in [1.54, 1.807) is 26.4 Å². The molecule has 4 nitrogen and oxygen atoms in total. The summed E-state index contributed by atoms with van der Waals surface area (Å²) in [7, 11) is 3.19. The molecule has 0 radical (unpaired) electrons. The van der Waals surface area contributed by atoms with E-state index in [0.29, 0.717) is 22.8 Å². The van der Waals surface area contributed by atoms with Gasteiger partial charge < -0.3 is 13.9 Å². The van der Waals surface area contributed by atoms with Crippen LogP contribution < -0.4 is 9.47 Å². The molecule has 0 unspecified atom stereocenters. The second kappa shape index (κ2) is 7.00. The third-order valence-corrected chi connectivity index (χ3v) is 4.50. The van der Waals surface area contributed by atoms with Crippen molar-refractivity contribution in [3.8, 4) is 11.5 Å². The average Bonchev–Trinajstić information content (AvgIpc) is 3.15. The Balaban J connectivity index is 1.78. The minimum Gasteiger partial charge on any atom is -0.493 e. The Bertz CT molecular complexity index is 1130. The summed E-state index contributed by atoms with van der Waals surface area (Å²) in [6, 6.07) is 19.1. The highest BCUT2D eigenvalue weighted by Crippen LogP contribution is 2.38. The summed E-state index contributed by atoms with van der Waals surface area (Å²) in [5.41, 5.74) is 1.48. The summed E-state index contributed by atoms with van der Waals surface area (Å²) in [6.07, 6.45) is 3.25. The van der Waals surface area contributed by atoms with Gasteiger partial charge in [0.1, 0.15) is 5.58 Å². The van der Waals surface area contributed by atoms with Gasteiger partial charge in [0.15, 0.2) is 17.3 Å². The zero-order chi connectivity index (χ0) is 18.8. The summed E-state index contributed by atoms with van der Waals surface area (Å²) in [5.74, 6) is 1.30. The molecule has 0 amide bonds. The number of fused-ring (bicyclic) bond motifs is 2. The minimum atomic E-state index is -0.208. The Kier molecular flexibility index (Phi) is 4.38. The minimum absolute atomic E-state index is 0.208. The number of rotatable bonds is 5. The molecule has 27 heavy (non-hydrogen) atoms. The van der Waals surface area contributed by atoms with Crippen molar-refractivity contribution in [2.24, 2.45) is 0 Å². The fourth-order valence-corrected chi connectivity index (χ4v) is 3.20. The molecule has 134 valence electrons. The molecule has 0 N–H and O–H groups in total. The monoisotopic (exact) mass is 358 g/mol. The van der Waals surface area contributed by atoms with Gasteiger partial charge in [-0.05, 0) is 41.1 Å². The molecular formula is C23H18O4. The first-order chi connectivity index (χ1) is 13.2. The van der Waals surface area contributed by atoms with Crippen molar-refractivity contribution in [1.29, 1.82) is 0 Å². The molecule has 0 fully saturated rings. The van der Waals surface area contributed by atoms with Crippen LogP contribution in [-0.2, 0) is 0 Å². The molecule has 0 aliphatic carbocycles. The maximum absolute atomic E-state index is 12.6. The van der Waals surface area contributed by atoms with Gasteiger partial charge in [-0.15, -0.1) is 0 Å². The number of hydrogen-bond acceptors (Lipinski definition) is 4. The van der Waals surface area contributed by atoms with E-state index < -0.39 is 0 Å². The zero-order valence-corrected chi connectivity index (χ0v) is 15.1. The van der Waals surface area contributed by atoms with Crippen LogP contribution in [0.1, 0.15) is 16.1 Å². The predicted octanol–water partition coefficient (Wildman–Crippen LogP) is 5.50. The second-order valence-corrected chi connectivity index (χ2v) is 6.09. The number of allylic oxidation sites excluding steroid dienone is 1. The van der Waals surface area contributed by atoms with E-state index in [-0.39, 0.29) is 5.78 Å². The van der Waals surface area contributed by atoms with Crippen molar-refractivity contribution in [3.05, 3.63) is 78.1 Å². The highest BCUT2D eigenvalue weighted by Gasteiger charge is 2.14. The molecule has 4 aromatic rings. The quantitative estimate of drug-likeness (QED) is 0.349. The van der Waals surface area contributed by atoms with Gasteiger partial charge in [-0.1, -0.05) is 42.5 Å². The molecule has 1 heterocycles. The molecule has 0 aliphatic rings. The molecule has 0 atom stereocenters. The lowest BCUT2D eigenvalue weighted by Crippen LogP contribution is -1.96. The second-order valence-electron chi connectivity index (χ2n) is 6.09. The molecule has 3 aromatic carbocycles. The molecule has 0 spiro atoms. The van der Waals surface area contributed by atoms with E-state index >= 15 is 0 Å². The Morgan fingerprint density at radius 2 is 1.67 bits per heavy atom. The zero-order valence-electron chi connectivity index (χ0n) is 15.1. The summed E-state index contributed by atoms with van der Waals surface area (Å²) in [4.78, 5) is 12.6. The Morgan fingerprint density at radius 3 is 2.41 bits per heavy atom. The van der Waals surface area contributed by atoms with Crippen molar-refractivity contribution in [2.45, 2.75) is 0 Å². The number of ketones is 1. The Morgan fingerprint density at radius 1 is 0.926 bits per heavy atom. The van der Waals surface area contributed by atoms with Gasteiger partial charge >= 0.3 is 0 Å². The first-order valence-corrected chi connectivity index (χ1v) is 8.56. The highest BCUT2D eigenvalue weighted by molar-refractivity contribution is 6.08. The maximum atomic E-state index is 12.6. The van der Waals surface area contributed by atoms with Crippen LogP contribution in [0.3, 0.4) is 0 Å². The molecule has 0 saturated carbocycles. The lowest BCUT2D eigenvalue weighted by atomic mass is 10.0. The molecule has 0 aliphatic heterocycles. The summed E-state index contributed by atoms with van der Waals surface area (Å²) in [5, 5.41) is 2.88. The molecule has 4 heteroatoms. The van der Waals surface area contributed by atoms with Crippen molar-refractivity contribution in [1.82, 2.24) is 0 Å². The van der Waals surface area contributed by atoms with Crippen LogP contribution in [0.15, 0.2) is 71.2 Å². The van der Waals surface area contributed by atoms with Gasteiger partial charge in [0, 0.05) is 10.9 Å². The average molecular weight is 358 g/mol. The van der Waals surface area contributed by atoms with Crippen molar-refractivity contribution in [2.75, 3.05) is 14.2 Å². The first-order valence-electron chi connectivity index (χ1n) is 8.56. The predicted molar refractivity (Wildman–Crippen MR) is 107 cm³/mol. The fourth-order valence-electron chi connectivity index (χ4n) is 3.20. The number of benzene rings is 3. The van der Waals surface area contributed by atoms with Gasteiger partial charge in [0.25, 0.3) is 0 Å². The molecule has 0 bridgehead atoms.